The molecule has 0 spiro atoms. The molecule has 0 bridgehead atoms. The summed E-state index contributed by atoms with van der Waals surface area (Å²) < 4.78 is 25.6. The first-order valence-corrected chi connectivity index (χ1v) is 7.88. The van der Waals surface area contributed by atoms with Crippen LogP contribution in [0.25, 0.3) is 0 Å². The Kier molecular flexibility index (Phi) is 4.24. The Morgan fingerprint density at radius 1 is 1.43 bits per heavy atom. The molecule has 1 aromatic rings. The molecule has 0 amide bonds. The van der Waals surface area contributed by atoms with E-state index in [9.17, 15) is 23.3 Å². The van der Waals surface area contributed by atoms with Crippen LogP contribution in [0.3, 0.4) is 0 Å². The minimum atomic E-state index is -3.92. The maximum atomic E-state index is 12.3. The largest absolute Gasteiger partial charge is 0.480 e. The second kappa shape index (κ2) is 5.78. The van der Waals surface area contributed by atoms with Gasteiger partial charge in [-0.1, -0.05) is 18.2 Å². The number of nitro groups is 1. The van der Waals surface area contributed by atoms with Gasteiger partial charge in [0.15, 0.2) is 0 Å². The Morgan fingerprint density at radius 3 is 2.71 bits per heavy atom. The van der Waals surface area contributed by atoms with Crippen LogP contribution in [-0.2, 0) is 20.6 Å². The van der Waals surface area contributed by atoms with E-state index in [-0.39, 0.29) is 24.2 Å². The Hall–Kier alpha value is -2.00. The lowest BCUT2D eigenvalue weighted by molar-refractivity contribution is -0.385. The van der Waals surface area contributed by atoms with Gasteiger partial charge in [-0.05, 0) is 12.8 Å². The third kappa shape index (κ3) is 3.19. The molecule has 21 heavy (non-hydrogen) atoms. The average molecular weight is 314 g/mol. The summed E-state index contributed by atoms with van der Waals surface area (Å²) in [5.74, 6) is -1.77. The van der Waals surface area contributed by atoms with Crippen LogP contribution >= 0.6 is 0 Å². The van der Waals surface area contributed by atoms with E-state index in [1.807, 2.05) is 0 Å². The molecule has 9 heteroatoms. The fourth-order valence-corrected chi connectivity index (χ4v) is 4.20. The van der Waals surface area contributed by atoms with Gasteiger partial charge in [0, 0.05) is 18.2 Å². The van der Waals surface area contributed by atoms with Crippen molar-refractivity contribution < 1.29 is 23.2 Å². The molecule has 1 fully saturated rings. The number of aliphatic carboxylic acids is 1. The molecule has 0 saturated carbocycles. The number of benzene rings is 1. The molecule has 8 nitrogen and oxygen atoms in total. The molecule has 1 saturated heterocycles. The topological polar surface area (TPSA) is 118 Å². The average Bonchev–Trinajstić information content (AvgIpc) is 2.88. The number of carboxylic acids is 1. The molecule has 1 heterocycles. The normalized spacial score (nSPS) is 19.5. The lowest BCUT2D eigenvalue weighted by Crippen LogP contribution is -2.41. The molecule has 114 valence electrons. The van der Waals surface area contributed by atoms with Crippen LogP contribution in [-0.4, -0.2) is 41.3 Å². The number of carbonyl (C=O) groups is 1. The van der Waals surface area contributed by atoms with Crippen LogP contribution < -0.4 is 0 Å². The van der Waals surface area contributed by atoms with Crippen molar-refractivity contribution in [3.8, 4) is 0 Å². The SMILES string of the molecule is O=C(O)[C@@H]1CCCN1S(=O)(=O)Cc1ccccc1[N+](=O)[O-]. The maximum absolute atomic E-state index is 12.3. The fraction of sp³-hybridized carbons (Fsp3) is 0.417. The van der Waals surface area contributed by atoms with Crippen molar-refractivity contribution in [1.29, 1.82) is 0 Å². The van der Waals surface area contributed by atoms with E-state index in [1.165, 1.54) is 24.3 Å². The first-order chi connectivity index (χ1) is 9.83. The number of nitrogens with zero attached hydrogens (tertiary/aromatic N) is 2. The van der Waals surface area contributed by atoms with Gasteiger partial charge in [0.1, 0.15) is 6.04 Å². The standard InChI is InChI=1S/C12H14N2O6S/c15-12(16)11-6-3-7-13(11)21(19,20)8-9-4-1-2-5-10(9)14(17)18/h1-2,4-5,11H,3,6-8H2,(H,15,16)/t11-/m0/s1. The minimum Gasteiger partial charge on any atom is -0.480 e. The van der Waals surface area contributed by atoms with Crippen LogP contribution in [0, 0.1) is 10.1 Å². The molecule has 0 aromatic heterocycles. The van der Waals surface area contributed by atoms with Gasteiger partial charge in [-0.3, -0.25) is 14.9 Å². The second-order valence-electron chi connectivity index (χ2n) is 4.75. The van der Waals surface area contributed by atoms with Gasteiger partial charge in [0.2, 0.25) is 10.0 Å². The Morgan fingerprint density at radius 2 is 2.10 bits per heavy atom. The number of para-hydroxylation sites is 1. The van der Waals surface area contributed by atoms with Gasteiger partial charge in [-0.2, -0.15) is 4.31 Å². The number of sulfonamides is 1. The molecule has 0 aliphatic carbocycles. The van der Waals surface area contributed by atoms with Crippen LogP contribution in [0.4, 0.5) is 5.69 Å². The lowest BCUT2D eigenvalue weighted by Gasteiger charge is -2.20. The van der Waals surface area contributed by atoms with E-state index in [2.05, 4.69) is 0 Å². The van der Waals surface area contributed by atoms with E-state index in [0.717, 1.165) is 4.31 Å². The summed E-state index contributed by atoms with van der Waals surface area (Å²) in [5.41, 5.74) is -0.231. The van der Waals surface area contributed by atoms with Crippen molar-refractivity contribution >= 4 is 21.7 Å². The van der Waals surface area contributed by atoms with E-state index in [0.29, 0.717) is 6.42 Å². The predicted octanol–water partition coefficient (Wildman–Crippen LogP) is 0.974. The highest BCUT2D eigenvalue weighted by atomic mass is 32.2. The van der Waals surface area contributed by atoms with Crippen molar-refractivity contribution in [2.75, 3.05) is 6.54 Å². The summed E-state index contributed by atoms with van der Waals surface area (Å²) in [4.78, 5) is 21.3. The van der Waals surface area contributed by atoms with Gasteiger partial charge >= 0.3 is 5.97 Å². The molecule has 1 N–H and O–H groups in total. The highest BCUT2D eigenvalue weighted by Crippen LogP contribution is 2.26. The van der Waals surface area contributed by atoms with Crippen molar-refractivity contribution in [2.24, 2.45) is 0 Å². The highest BCUT2D eigenvalue weighted by molar-refractivity contribution is 7.88. The molecular weight excluding hydrogens is 300 g/mol. The molecule has 1 atom stereocenters. The fourth-order valence-electron chi connectivity index (χ4n) is 2.41. The third-order valence-electron chi connectivity index (χ3n) is 3.37. The zero-order valence-corrected chi connectivity index (χ0v) is 11.8. The zero-order valence-electron chi connectivity index (χ0n) is 11.0. The first-order valence-electron chi connectivity index (χ1n) is 6.27. The van der Waals surface area contributed by atoms with Crippen molar-refractivity contribution in [3.63, 3.8) is 0 Å². The highest BCUT2D eigenvalue weighted by Gasteiger charge is 2.39. The van der Waals surface area contributed by atoms with E-state index >= 15 is 0 Å². The Balaban J connectivity index is 2.30. The number of rotatable bonds is 5. The van der Waals surface area contributed by atoms with Crippen LogP contribution in [0.5, 0.6) is 0 Å². The lowest BCUT2D eigenvalue weighted by atomic mass is 10.2. The molecule has 2 rings (SSSR count). The number of carboxylic acid groups (broad SMARTS) is 1. The predicted molar refractivity (Wildman–Crippen MR) is 73.1 cm³/mol. The van der Waals surface area contributed by atoms with E-state index in [4.69, 9.17) is 5.11 Å². The number of nitro benzene ring substituents is 1. The van der Waals surface area contributed by atoms with Crippen LogP contribution in [0.15, 0.2) is 24.3 Å². The molecule has 0 radical (unpaired) electrons. The van der Waals surface area contributed by atoms with Gasteiger partial charge in [0.25, 0.3) is 5.69 Å². The van der Waals surface area contributed by atoms with Crippen molar-refractivity contribution in [3.05, 3.63) is 39.9 Å². The zero-order chi connectivity index (χ0) is 15.6. The van der Waals surface area contributed by atoms with Crippen LogP contribution in [0.1, 0.15) is 18.4 Å². The van der Waals surface area contributed by atoms with Gasteiger partial charge in [0.05, 0.1) is 10.7 Å². The summed E-state index contributed by atoms with van der Waals surface area (Å²) in [5, 5.41) is 19.9. The molecule has 1 aliphatic rings. The van der Waals surface area contributed by atoms with Gasteiger partial charge < -0.3 is 5.11 Å². The monoisotopic (exact) mass is 314 g/mol. The summed E-state index contributed by atoms with van der Waals surface area (Å²) in [6.07, 6.45) is 0.721. The quantitative estimate of drug-likeness (QED) is 0.639. The maximum Gasteiger partial charge on any atom is 0.322 e. The summed E-state index contributed by atoms with van der Waals surface area (Å²) in [6.45, 7) is 0.125. The molecule has 1 aliphatic heterocycles. The second-order valence-corrected chi connectivity index (χ2v) is 6.67. The van der Waals surface area contributed by atoms with E-state index < -0.39 is 32.7 Å². The summed E-state index contributed by atoms with van der Waals surface area (Å²) >= 11 is 0. The van der Waals surface area contributed by atoms with Crippen molar-refractivity contribution in [2.45, 2.75) is 24.6 Å². The van der Waals surface area contributed by atoms with Gasteiger partial charge in [-0.25, -0.2) is 8.42 Å². The van der Waals surface area contributed by atoms with Gasteiger partial charge in [-0.15, -0.1) is 0 Å². The van der Waals surface area contributed by atoms with Crippen molar-refractivity contribution in [1.82, 2.24) is 4.31 Å². The Labute approximate surface area is 121 Å². The molecule has 1 aromatic carbocycles. The minimum absolute atomic E-state index is 0.0542. The van der Waals surface area contributed by atoms with E-state index in [1.54, 1.807) is 0 Å². The Bertz CT molecular complexity index is 672. The smallest absolute Gasteiger partial charge is 0.322 e. The summed E-state index contributed by atoms with van der Waals surface area (Å²) in [6, 6.07) is 4.46. The number of hydrogen-bond acceptors (Lipinski definition) is 5. The summed E-state index contributed by atoms with van der Waals surface area (Å²) in [7, 11) is -3.92. The van der Waals surface area contributed by atoms with Crippen LogP contribution in [0.2, 0.25) is 0 Å². The third-order valence-corrected chi connectivity index (χ3v) is 5.20. The first kappa shape index (κ1) is 15.4. The number of hydrogen-bond donors (Lipinski definition) is 1. The molecular formula is C12H14N2O6S. The molecule has 0 unspecified atom stereocenters.